The summed E-state index contributed by atoms with van der Waals surface area (Å²) in [7, 11) is 1.21. The van der Waals surface area contributed by atoms with Gasteiger partial charge in [0, 0.05) is 6.07 Å². The minimum Gasteiger partial charge on any atom is -0.485 e. The first-order valence-electron chi connectivity index (χ1n) is 9.39. The summed E-state index contributed by atoms with van der Waals surface area (Å²) in [4.78, 5) is 23.1. The van der Waals surface area contributed by atoms with Crippen LogP contribution in [0.2, 0.25) is 0 Å². The van der Waals surface area contributed by atoms with Gasteiger partial charge in [-0.1, -0.05) is 60.7 Å². The summed E-state index contributed by atoms with van der Waals surface area (Å²) < 4.78 is 21.5. The van der Waals surface area contributed by atoms with E-state index in [0.717, 1.165) is 11.1 Å². The Labute approximate surface area is 175 Å². The van der Waals surface area contributed by atoms with Gasteiger partial charge >= 0.3 is 11.9 Å². The van der Waals surface area contributed by atoms with E-state index in [1.165, 1.54) is 7.11 Å². The van der Waals surface area contributed by atoms with Crippen LogP contribution in [0.5, 0.6) is 17.2 Å². The number of rotatable bonds is 9. The molecule has 0 aromatic heterocycles. The fourth-order valence-electron chi connectivity index (χ4n) is 2.61. The Bertz CT molecular complexity index is 970. The molecule has 0 atom stereocenters. The highest BCUT2D eigenvalue weighted by Crippen LogP contribution is 2.33. The lowest BCUT2D eigenvalue weighted by atomic mass is 10.2. The summed E-state index contributed by atoms with van der Waals surface area (Å²) in [5, 5.41) is 0. The molecule has 3 aromatic rings. The van der Waals surface area contributed by atoms with Gasteiger partial charge in [0.2, 0.25) is 0 Å². The van der Waals surface area contributed by atoms with Gasteiger partial charge in [0.25, 0.3) is 0 Å². The maximum atomic E-state index is 11.9. The van der Waals surface area contributed by atoms with Crippen LogP contribution >= 0.6 is 0 Å². The van der Waals surface area contributed by atoms with Gasteiger partial charge < -0.3 is 18.9 Å². The number of carbonyl (C=O) groups is 2. The van der Waals surface area contributed by atoms with E-state index in [1.807, 2.05) is 60.7 Å². The average Bonchev–Trinajstić information content (AvgIpc) is 2.78. The van der Waals surface area contributed by atoms with Gasteiger partial charge in [0.1, 0.15) is 25.4 Å². The molecule has 0 spiro atoms. The quantitative estimate of drug-likeness (QED) is 0.300. The molecule has 0 bridgehead atoms. The maximum Gasteiger partial charge on any atom is 0.322 e. The number of benzene rings is 3. The molecule has 3 rings (SSSR count). The molecule has 0 N–H and O–H groups in total. The van der Waals surface area contributed by atoms with Gasteiger partial charge in [-0.15, -0.1) is 0 Å². The molecule has 154 valence electrons. The molecule has 0 unspecified atom stereocenters. The second kappa shape index (κ2) is 10.7. The van der Waals surface area contributed by atoms with Crippen LogP contribution in [0.1, 0.15) is 17.5 Å². The highest BCUT2D eigenvalue weighted by Gasteiger charge is 2.14. The van der Waals surface area contributed by atoms with E-state index in [4.69, 9.17) is 14.2 Å². The first-order valence-corrected chi connectivity index (χ1v) is 9.39. The third kappa shape index (κ3) is 6.38. The molecule has 0 aliphatic rings. The Morgan fingerprint density at radius 1 is 0.700 bits per heavy atom. The monoisotopic (exact) mass is 406 g/mol. The molecule has 6 heteroatoms. The Morgan fingerprint density at radius 2 is 1.27 bits per heavy atom. The zero-order chi connectivity index (χ0) is 21.2. The second-order valence-corrected chi connectivity index (χ2v) is 6.38. The highest BCUT2D eigenvalue weighted by molar-refractivity contribution is 5.92. The number of methoxy groups -OCH3 is 1. The third-order valence-electron chi connectivity index (χ3n) is 4.14. The van der Waals surface area contributed by atoms with E-state index in [1.54, 1.807) is 18.2 Å². The molecule has 0 amide bonds. The number of hydrogen-bond acceptors (Lipinski definition) is 6. The molecule has 0 heterocycles. The standard InChI is InChI=1S/C24H22O6/c1-27-23(25)15-24(26)30-20-12-13-21(28-16-18-8-4-2-5-9-18)22(14-20)29-17-19-10-6-3-7-11-19/h2-14H,15-17H2,1H3. The SMILES string of the molecule is COC(=O)CC(=O)Oc1ccc(OCc2ccccc2)c(OCc2ccccc2)c1. The molecule has 3 aromatic carbocycles. The summed E-state index contributed by atoms with van der Waals surface area (Å²) in [6, 6.07) is 24.3. The molecule has 0 aliphatic heterocycles. The minimum atomic E-state index is -0.714. The van der Waals surface area contributed by atoms with Gasteiger partial charge in [0.15, 0.2) is 11.5 Å². The lowest BCUT2D eigenvalue weighted by molar-refractivity contribution is -0.148. The first-order chi connectivity index (χ1) is 14.6. The minimum absolute atomic E-state index is 0.249. The summed E-state index contributed by atoms with van der Waals surface area (Å²) in [6.07, 6.45) is -0.469. The van der Waals surface area contributed by atoms with Gasteiger partial charge in [-0.25, -0.2) is 0 Å². The van der Waals surface area contributed by atoms with Crippen LogP contribution in [0.3, 0.4) is 0 Å². The molecule has 6 nitrogen and oxygen atoms in total. The predicted molar refractivity (Wildman–Crippen MR) is 110 cm³/mol. The fourth-order valence-corrected chi connectivity index (χ4v) is 2.61. The molecule has 0 radical (unpaired) electrons. The van der Waals surface area contributed by atoms with Gasteiger partial charge in [-0.3, -0.25) is 9.59 Å². The molecule has 0 saturated carbocycles. The van der Waals surface area contributed by atoms with Crippen molar-refractivity contribution >= 4 is 11.9 Å². The lowest BCUT2D eigenvalue weighted by Gasteiger charge is -2.14. The summed E-state index contributed by atoms with van der Waals surface area (Å²) >= 11 is 0. The van der Waals surface area contributed by atoms with E-state index in [0.29, 0.717) is 24.7 Å². The molecule has 0 fully saturated rings. The number of carbonyl (C=O) groups excluding carboxylic acids is 2. The van der Waals surface area contributed by atoms with Crippen LogP contribution in [0.15, 0.2) is 78.9 Å². The van der Waals surface area contributed by atoms with E-state index < -0.39 is 18.4 Å². The number of ether oxygens (including phenoxy) is 4. The molecule has 30 heavy (non-hydrogen) atoms. The van der Waals surface area contributed by atoms with Crippen LogP contribution in [0.4, 0.5) is 0 Å². The Balaban J connectivity index is 1.74. The van der Waals surface area contributed by atoms with Crippen molar-refractivity contribution in [2.45, 2.75) is 19.6 Å². The zero-order valence-corrected chi connectivity index (χ0v) is 16.6. The molecular formula is C24H22O6. The number of hydrogen-bond donors (Lipinski definition) is 0. The van der Waals surface area contributed by atoms with E-state index in [9.17, 15) is 9.59 Å². The fraction of sp³-hybridized carbons (Fsp3) is 0.167. The third-order valence-corrected chi connectivity index (χ3v) is 4.14. The van der Waals surface area contributed by atoms with Crippen molar-refractivity contribution in [3.05, 3.63) is 90.0 Å². The Morgan fingerprint density at radius 3 is 1.83 bits per heavy atom. The van der Waals surface area contributed by atoms with E-state index >= 15 is 0 Å². The largest absolute Gasteiger partial charge is 0.485 e. The number of esters is 2. The topological polar surface area (TPSA) is 71.1 Å². The van der Waals surface area contributed by atoms with E-state index in [-0.39, 0.29) is 5.75 Å². The predicted octanol–water partition coefficient (Wildman–Crippen LogP) is 4.31. The van der Waals surface area contributed by atoms with Crippen molar-refractivity contribution in [1.29, 1.82) is 0 Å². The molecular weight excluding hydrogens is 384 g/mol. The summed E-state index contributed by atoms with van der Waals surface area (Å²) in [6.45, 7) is 0.687. The van der Waals surface area contributed by atoms with Crippen molar-refractivity contribution in [1.82, 2.24) is 0 Å². The van der Waals surface area contributed by atoms with Gasteiger partial charge in [0.05, 0.1) is 7.11 Å². The summed E-state index contributed by atoms with van der Waals surface area (Å²) in [5.74, 6) is -0.183. The zero-order valence-electron chi connectivity index (χ0n) is 16.6. The van der Waals surface area contributed by atoms with Crippen LogP contribution in [-0.2, 0) is 27.5 Å². The lowest BCUT2D eigenvalue weighted by Crippen LogP contribution is -2.15. The smallest absolute Gasteiger partial charge is 0.322 e. The van der Waals surface area contributed by atoms with Crippen molar-refractivity contribution in [2.24, 2.45) is 0 Å². The average molecular weight is 406 g/mol. The Kier molecular flexibility index (Phi) is 7.44. The first kappa shape index (κ1) is 20.9. The summed E-state index contributed by atoms with van der Waals surface area (Å²) in [5.41, 5.74) is 2.00. The van der Waals surface area contributed by atoms with E-state index in [2.05, 4.69) is 4.74 Å². The second-order valence-electron chi connectivity index (χ2n) is 6.38. The maximum absolute atomic E-state index is 11.9. The van der Waals surface area contributed by atoms with Crippen molar-refractivity contribution in [2.75, 3.05) is 7.11 Å². The molecule has 0 saturated heterocycles. The van der Waals surface area contributed by atoms with Crippen molar-refractivity contribution < 1.29 is 28.5 Å². The van der Waals surface area contributed by atoms with Crippen molar-refractivity contribution in [3.8, 4) is 17.2 Å². The Hall–Kier alpha value is -3.80. The van der Waals surface area contributed by atoms with Crippen molar-refractivity contribution in [3.63, 3.8) is 0 Å². The van der Waals surface area contributed by atoms with Crippen LogP contribution in [0.25, 0.3) is 0 Å². The normalized spacial score (nSPS) is 10.2. The van der Waals surface area contributed by atoms with Crippen LogP contribution < -0.4 is 14.2 Å². The highest BCUT2D eigenvalue weighted by atomic mass is 16.6. The van der Waals surface area contributed by atoms with Gasteiger partial charge in [-0.2, -0.15) is 0 Å². The van der Waals surface area contributed by atoms with Crippen LogP contribution in [-0.4, -0.2) is 19.0 Å². The van der Waals surface area contributed by atoms with Crippen LogP contribution in [0, 0.1) is 0 Å². The molecule has 0 aliphatic carbocycles. The van der Waals surface area contributed by atoms with Gasteiger partial charge in [-0.05, 0) is 23.3 Å².